The van der Waals surface area contributed by atoms with Crippen LogP contribution in [0.4, 0.5) is 0 Å². The third-order valence-electron chi connectivity index (χ3n) is 3.50. The number of hydrogen-bond donors (Lipinski definition) is 0. The van der Waals surface area contributed by atoms with Gasteiger partial charge in [-0.1, -0.05) is 12.8 Å². The third-order valence-corrected chi connectivity index (χ3v) is 3.66. The van der Waals surface area contributed by atoms with Crippen molar-refractivity contribution in [3.8, 4) is 0 Å². The first-order valence-electron chi connectivity index (χ1n) is 6.52. The summed E-state index contributed by atoms with van der Waals surface area (Å²) in [6.07, 6.45) is 6.33. The Kier molecular flexibility index (Phi) is 4.59. The molecule has 0 aromatic carbocycles. The number of nitrogens with zero attached hydrogens (tertiary/aromatic N) is 2. The highest BCUT2D eigenvalue weighted by molar-refractivity contribution is 6.18. The summed E-state index contributed by atoms with van der Waals surface area (Å²) in [5.41, 5.74) is 1.60. The first kappa shape index (κ1) is 13.3. The normalized spacial score (nSPS) is 15.9. The molecule has 0 radical (unpaired) electrons. The summed E-state index contributed by atoms with van der Waals surface area (Å²) in [5, 5.41) is 0. The lowest BCUT2D eigenvalue weighted by Gasteiger charge is -2.28. The number of aromatic nitrogens is 1. The minimum Gasteiger partial charge on any atom is -0.334 e. The lowest BCUT2D eigenvalue weighted by atomic mass is 10.1. The minimum absolute atomic E-state index is 0.0908. The molecule has 4 heteroatoms. The Balaban J connectivity index is 2.17. The van der Waals surface area contributed by atoms with Crippen molar-refractivity contribution in [1.82, 2.24) is 9.88 Å². The van der Waals surface area contributed by atoms with E-state index in [1.807, 2.05) is 17.9 Å². The van der Waals surface area contributed by atoms with Gasteiger partial charge in [0.05, 0.1) is 0 Å². The lowest BCUT2D eigenvalue weighted by molar-refractivity contribution is 0.0695. The topological polar surface area (TPSA) is 33.2 Å². The number of carbonyl (C=O) groups is 1. The number of carbonyl (C=O) groups excluding carboxylic acids is 1. The first-order chi connectivity index (χ1) is 8.72. The monoisotopic (exact) mass is 266 g/mol. The van der Waals surface area contributed by atoms with Gasteiger partial charge in [0.2, 0.25) is 0 Å². The lowest BCUT2D eigenvalue weighted by Crippen LogP contribution is -2.40. The molecule has 98 valence electrons. The molecule has 1 fully saturated rings. The van der Waals surface area contributed by atoms with Gasteiger partial charge >= 0.3 is 0 Å². The van der Waals surface area contributed by atoms with Gasteiger partial charge < -0.3 is 4.90 Å². The Labute approximate surface area is 113 Å². The molecule has 0 aliphatic heterocycles. The van der Waals surface area contributed by atoms with Gasteiger partial charge in [0, 0.05) is 35.9 Å². The third kappa shape index (κ3) is 3.02. The Bertz CT molecular complexity index is 416. The molecule has 1 saturated carbocycles. The first-order valence-corrected chi connectivity index (χ1v) is 7.05. The Morgan fingerprint density at radius 1 is 1.50 bits per heavy atom. The number of alkyl halides is 1. The van der Waals surface area contributed by atoms with Crippen LogP contribution in [0, 0.1) is 6.92 Å². The van der Waals surface area contributed by atoms with E-state index in [2.05, 4.69) is 4.98 Å². The summed E-state index contributed by atoms with van der Waals surface area (Å²) in [7, 11) is 0. The van der Waals surface area contributed by atoms with E-state index < -0.39 is 0 Å². The zero-order valence-corrected chi connectivity index (χ0v) is 11.5. The van der Waals surface area contributed by atoms with Crippen molar-refractivity contribution in [2.75, 3.05) is 12.4 Å². The molecular weight excluding hydrogens is 248 g/mol. The number of aryl methyl sites for hydroxylation is 1. The summed E-state index contributed by atoms with van der Waals surface area (Å²) in [6.45, 7) is 2.53. The molecule has 0 unspecified atom stereocenters. The van der Waals surface area contributed by atoms with Crippen LogP contribution in [-0.2, 0) is 0 Å². The second kappa shape index (κ2) is 6.19. The summed E-state index contributed by atoms with van der Waals surface area (Å²) >= 11 is 5.83. The fourth-order valence-corrected chi connectivity index (χ4v) is 2.78. The highest BCUT2D eigenvalue weighted by Crippen LogP contribution is 2.25. The maximum Gasteiger partial charge on any atom is 0.254 e. The van der Waals surface area contributed by atoms with Gasteiger partial charge in [0.1, 0.15) is 0 Å². The van der Waals surface area contributed by atoms with Crippen molar-refractivity contribution in [3.63, 3.8) is 0 Å². The van der Waals surface area contributed by atoms with Crippen molar-refractivity contribution in [2.24, 2.45) is 0 Å². The predicted octanol–water partition coefficient (Wildman–Crippen LogP) is 3.01. The molecule has 1 aliphatic rings. The number of rotatable bonds is 4. The molecule has 1 aromatic rings. The molecule has 1 amide bonds. The predicted molar refractivity (Wildman–Crippen MR) is 73.0 cm³/mol. The molecule has 0 atom stereocenters. The molecule has 0 bridgehead atoms. The van der Waals surface area contributed by atoms with Gasteiger partial charge in [0.25, 0.3) is 5.91 Å². The molecule has 1 aliphatic carbocycles. The molecule has 0 spiro atoms. The van der Waals surface area contributed by atoms with Crippen molar-refractivity contribution in [2.45, 2.75) is 38.6 Å². The van der Waals surface area contributed by atoms with E-state index in [9.17, 15) is 4.79 Å². The van der Waals surface area contributed by atoms with Crippen molar-refractivity contribution >= 4 is 17.5 Å². The Morgan fingerprint density at radius 3 is 2.83 bits per heavy atom. The van der Waals surface area contributed by atoms with Crippen molar-refractivity contribution in [3.05, 3.63) is 29.6 Å². The number of amides is 1. The maximum absolute atomic E-state index is 12.5. The van der Waals surface area contributed by atoms with Crippen molar-refractivity contribution in [1.29, 1.82) is 0 Å². The van der Waals surface area contributed by atoms with Gasteiger partial charge in [-0.15, -0.1) is 11.6 Å². The van der Waals surface area contributed by atoms with E-state index in [0.717, 1.165) is 24.1 Å². The van der Waals surface area contributed by atoms with Crippen LogP contribution in [-0.4, -0.2) is 34.3 Å². The molecule has 1 aromatic heterocycles. The minimum atomic E-state index is 0.0908. The maximum atomic E-state index is 12.5. The van der Waals surface area contributed by atoms with Crippen LogP contribution in [0.5, 0.6) is 0 Å². The second-order valence-electron chi connectivity index (χ2n) is 4.81. The van der Waals surface area contributed by atoms with E-state index in [1.165, 1.54) is 12.8 Å². The van der Waals surface area contributed by atoms with Gasteiger partial charge in [-0.05, 0) is 31.9 Å². The summed E-state index contributed by atoms with van der Waals surface area (Å²) < 4.78 is 0. The van der Waals surface area contributed by atoms with Crippen LogP contribution in [0.3, 0.4) is 0 Å². The molecule has 0 saturated heterocycles. The van der Waals surface area contributed by atoms with Gasteiger partial charge in [-0.3, -0.25) is 9.78 Å². The van der Waals surface area contributed by atoms with Gasteiger partial charge in [0.15, 0.2) is 0 Å². The van der Waals surface area contributed by atoms with Gasteiger partial charge in [-0.25, -0.2) is 0 Å². The molecule has 2 rings (SSSR count). The van der Waals surface area contributed by atoms with Crippen molar-refractivity contribution < 1.29 is 4.79 Å². The van der Waals surface area contributed by atoms with Crippen LogP contribution in [0.25, 0.3) is 0 Å². The van der Waals surface area contributed by atoms with Gasteiger partial charge in [-0.2, -0.15) is 0 Å². The molecule has 0 N–H and O–H groups in total. The average Bonchev–Trinajstić information content (AvgIpc) is 2.89. The molecule has 3 nitrogen and oxygen atoms in total. The SMILES string of the molecule is Cc1cc(C(=O)N(CCCl)C2CCCC2)ccn1. The summed E-state index contributed by atoms with van der Waals surface area (Å²) in [6, 6.07) is 3.99. The van der Waals surface area contributed by atoms with E-state index in [-0.39, 0.29) is 5.91 Å². The highest BCUT2D eigenvalue weighted by atomic mass is 35.5. The van der Waals surface area contributed by atoms with Crippen LogP contribution in [0.1, 0.15) is 41.7 Å². The number of hydrogen-bond acceptors (Lipinski definition) is 2. The zero-order valence-electron chi connectivity index (χ0n) is 10.7. The quantitative estimate of drug-likeness (QED) is 0.785. The number of pyridine rings is 1. The largest absolute Gasteiger partial charge is 0.334 e. The van der Waals surface area contributed by atoms with Crippen LogP contribution in [0.2, 0.25) is 0 Å². The van der Waals surface area contributed by atoms with Crippen LogP contribution < -0.4 is 0 Å². The molecule has 1 heterocycles. The van der Waals surface area contributed by atoms with E-state index in [4.69, 9.17) is 11.6 Å². The zero-order chi connectivity index (χ0) is 13.0. The second-order valence-corrected chi connectivity index (χ2v) is 5.19. The fourth-order valence-electron chi connectivity index (χ4n) is 2.60. The van der Waals surface area contributed by atoms with Crippen LogP contribution in [0.15, 0.2) is 18.3 Å². The summed E-state index contributed by atoms with van der Waals surface area (Å²) in [5.74, 6) is 0.583. The van der Waals surface area contributed by atoms with E-state index in [1.54, 1.807) is 12.3 Å². The molecule has 18 heavy (non-hydrogen) atoms. The number of halogens is 1. The standard InChI is InChI=1S/C14H19ClN2O/c1-11-10-12(6-8-16-11)14(18)17(9-7-15)13-4-2-3-5-13/h6,8,10,13H,2-5,7,9H2,1H3. The fraction of sp³-hybridized carbons (Fsp3) is 0.571. The van der Waals surface area contributed by atoms with Crippen LogP contribution >= 0.6 is 11.6 Å². The highest BCUT2D eigenvalue weighted by Gasteiger charge is 2.26. The van der Waals surface area contributed by atoms with E-state index >= 15 is 0 Å². The smallest absolute Gasteiger partial charge is 0.254 e. The Hall–Kier alpha value is -1.09. The van der Waals surface area contributed by atoms with E-state index in [0.29, 0.717) is 18.5 Å². The average molecular weight is 267 g/mol. The molecular formula is C14H19ClN2O. The summed E-state index contributed by atoms with van der Waals surface area (Å²) in [4.78, 5) is 18.6. The Morgan fingerprint density at radius 2 is 2.22 bits per heavy atom.